The number of carbonyl (C=O) groups is 1. The highest BCUT2D eigenvalue weighted by molar-refractivity contribution is 5.95. The summed E-state index contributed by atoms with van der Waals surface area (Å²) in [5, 5.41) is 6.07. The van der Waals surface area contributed by atoms with Crippen LogP contribution in [0, 0.1) is 5.92 Å². The van der Waals surface area contributed by atoms with Crippen LogP contribution in [0.5, 0.6) is 0 Å². The van der Waals surface area contributed by atoms with Crippen molar-refractivity contribution in [1.82, 2.24) is 10.3 Å². The topological polar surface area (TPSA) is 54.0 Å². The van der Waals surface area contributed by atoms with Crippen molar-refractivity contribution in [2.75, 3.05) is 18.9 Å². The third-order valence-electron chi connectivity index (χ3n) is 4.32. The Hall–Kier alpha value is -1.58. The number of amides is 1. The van der Waals surface area contributed by atoms with Gasteiger partial charge in [0.15, 0.2) is 0 Å². The van der Waals surface area contributed by atoms with Crippen LogP contribution < -0.4 is 10.6 Å². The molecule has 0 aliphatic heterocycles. The normalized spacial score (nSPS) is 15.7. The van der Waals surface area contributed by atoms with Gasteiger partial charge in [-0.3, -0.25) is 4.79 Å². The predicted molar refractivity (Wildman–Crippen MR) is 86.7 cm³/mol. The molecule has 116 valence electrons. The van der Waals surface area contributed by atoms with Gasteiger partial charge in [0, 0.05) is 24.8 Å². The number of aryl methyl sites for hydroxylation is 1. The third-order valence-corrected chi connectivity index (χ3v) is 4.32. The highest BCUT2D eigenvalue weighted by atomic mass is 16.1. The van der Waals surface area contributed by atoms with E-state index in [9.17, 15) is 4.79 Å². The number of nitrogens with zero attached hydrogens (tertiary/aromatic N) is 1. The maximum absolute atomic E-state index is 12.3. The Morgan fingerprint density at radius 3 is 2.71 bits per heavy atom. The quantitative estimate of drug-likeness (QED) is 0.844. The summed E-state index contributed by atoms with van der Waals surface area (Å²) in [4.78, 5) is 16.7. The largest absolute Gasteiger partial charge is 0.373 e. The number of hydrogen-bond donors (Lipinski definition) is 2. The van der Waals surface area contributed by atoms with Gasteiger partial charge in [0.1, 0.15) is 5.82 Å². The van der Waals surface area contributed by atoms with Gasteiger partial charge in [-0.2, -0.15) is 0 Å². The lowest BCUT2D eigenvalue weighted by Crippen LogP contribution is -2.26. The molecule has 1 aliphatic carbocycles. The molecule has 4 heteroatoms. The fraction of sp³-hybridized carbons (Fsp3) is 0.647. The number of hydrogen-bond acceptors (Lipinski definition) is 3. The van der Waals surface area contributed by atoms with Crippen LogP contribution in [0.25, 0.3) is 0 Å². The van der Waals surface area contributed by atoms with Crippen molar-refractivity contribution in [1.29, 1.82) is 0 Å². The molecule has 0 bridgehead atoms. The summed E-state index contributed by atoms with van der Waals surface area (Å²) in [7, 11) is 1.83. The smallest absolute Gasteiger partial charge is 0.251 e. The average Bonchev–Trinajstić information content (AvgIpc) is 2.55. The van der Waals surface area contributed by atoms with Gasteiger partial charge in [-0.1, -0.05) is 39.0 Å². The molecule has 0 spiro atoms. The fourth-order valence-corrected chi connectivity index (χ4v) is 3.00. The first kappa shape index (κ1) is 15.8. The lowest BCUT2D eigenvalue weighted by Gasteiger charge is -2.21. The van der Waals surface area contributed by atoms with Crippen LogP contribution in [0.2, 0.25) is 0 Å². The van der Waals surface area contributed by atoms with Gasteiger partial charge in [0.05, 0.1) is 0 Å². The van der Waals surface area contributed by atoms with Crippen molar-refractivity contribution in [3.05, 3.63) is 23.4 Å². The number of rotatable bonds is 6. The zero-order valence-electron chi connectivity index (χ0n) is 13.2. The van der Waals surface area contributed by atoms with E-state index >= 15 is 0 Å². The lowest BCUT2D eigenvalue weighted by atomic mass is 9.87. The highest BCUT2D eigenvalue weighted by Crippen LogP contribution is 2.25. The second-order valence-corrected chi connectivity index (χ2v) is 5.88. The molecule has 0 saturated heterocycles. The van der Waals surface area contributed by atoms with Crippen molar-refractivity contribution in [2.45, 2.75) is 51.9 Å². The molecular formula is C17H27N3O. The van der Waals surface area contributed by atoms with E-state index in [1.165, 1.54) is 32.1 Å². The Balaban J connectivity index is 1.87. The van der Waals surface area contributed by atoms with E-state index in [0.717, 1.165) is 36.8 Å². The fourth-order valence-electron chi connectivity index (χ4n) is 3.00. The molecule has 1 fully saturated rings. The third kappa shape index (κ3) is 4.73. The first-order valence-electron chi connectivity index (χ1n) is 8.19. The van der Waals surface area contributed by atoms with E-state index in [1.807, 2.05) is 26.1 Å². The lowest BCUT2D eigenvalue weighted by molar-refractivity contribution is 0.0950. The van der Waals surface area contributed by atoms with Gasteiger partial charge in [-0.25, -0.2) is 4.98 Å². The SMILES string of the molecule is CCc1cc(C(=O)NCCC2CCCCC2)cc(NC)n1. The van der Waals surface area contributed by atoms with Crippen LogP contribution >= 0.6 is 0 Å². The van der Waals surface area contributed by atoms with Crippen LogP contribution in [0.3, 0.4) is 0 Å². The zero-order valence-corrected chi connectivity index (χ0v) is 13.2. The number of nitrogens with one attached hydrogen (secondary N) is 2. The zero-order chi connectivity index (χ0) is 15.1. The molecule has 2 N–H and O–H groups in total. The minimum absolute atomic E-state index is 0.0133. The van der Waals surface area contributed by atoms with Crippen molar-refractivity contribution in [3.63, 3.8) is 0 Å². The van der Waals surface area contributed by atoms with Crippen molar-refractivity contribution in [3.8, 4) is 0 Å². The molecular weight excluding hydrogens is 262 g/mol. The summed E-state index contributed by atoms with van der Waals surface area (Å²) >= 11 is 0. The predicted octanol–water partition coefficient (Wildman–Crippen LogP) is 3.39. The summed E-state index contributed by atoms with van der Waals surface area (Å²) in [6.45, 7) is 2.83. The Morgan fingerprint density at radius 1 is 1.29 bits per heavy atom. The van der Waals surface area contributed by atoms with Gasteiger partial charge < -0.3 is 10.6 Å². The van der Waals surface area contributed by atoms with Crippen molar-refractivity contribution in [2.24, 2.45) is 5.92 Å². The molecule has 1 aliphatic rings. The van der Waals surface area contributed by atoms with Crippen LogP contribution in [0.15, 0.2) is 12.1 Å². The maximum atomic E-state index is 12.3. The molecule has 1 aromatic heterocycles. The summed E-state index contributed by atoms with van der Waals surface area (Å²) in [6.07, 6.45) is 8.69. The van der Waals surface area contributed by atoms with Crippen molar-refractivity contribution < 1.29 is 4.79 Å². The molecule has 1 saturated carbocycles. The van der Waals surface area contributed by atoms with Gasteiger partial charge in [-0.15, -0.1) is 0 Å². The van der Waals surface area contributed by atoms with Crippen LogP contribution in [-0.4, -0.2) is 24.5 Å². The summed E-state index contributed by atoms with van der Waals surface area (Å²) in [5.41, 5.74) is 1.65. The van der Waals surface area contributed by atoms with E-state index in [4.69, 9.17) is 0 Å². The second kappa shape index (κ2) is 8.01. The Morgan fingerprint density at radius 2 is 2.05 bits per heavy atom. The summed E-state index contributed by atoms with van der Waals surface area (Å²) in [6, 6.07) is 3.70. The minimum Gasteiger partial charge on any atom is -0.373 e. The molecule has 0 radical (unpaired) electrons. The molecule has 21 heavy (non-hydrogen) atoms. The van der Waals surface area contributed by atoms with Gasteiger partial charge >= 0.3 is 0 Å². The monoisotopic (exact) mass is 289 g/mol. The average molecular weight is 289 g/mol. The first-order valence-corrected chi connectivity index (χ1v) is 8.19. The van der Waals surface area contributed by atoms with Crippen LogP contribution in [0.4, 0.5) is 5.82 Å². The first-order chi connectivity index (χ1) is 10.2. The highest BCUT2D eigenvalue weighted by Gasteiger charge is 2.14. The Labute approximate surface area is 127 Å². The summed E-state index contributed by atoms with van der Waals surface area (Å²) in [5.74, 6) is 1.57. The van der Waals surface area contributed by atoms with Crippen molar-refractivity contribution >= 4 is 11.7 Å². The van der Waals surface area contributed by atoms with E-state index in [2.05, 4.69) is 15.6 Å². The molecule has 2 rings (SSSR count). The van der Waals surface area contributed by atoms with Gasteiger partial charge in [0.2, 0.25) is 0 Å². The number of carbonyl (C=O) groups excluding carboxylic acids is 1. The van der Waals surface area contributed by atoms with E-state index in [0.29, 0.717) is 5.56 Å². The van der Waals surface area contributed by atoms with Crippen LogP contribution in [0.1, 0.15) is 61.5 Å². The number of anilines is 1. The molecule has 1 heterocycles. The van der Waals surface area contributed by atoms with E-state index in [-0.39, 0.29) is 5.91 Å². The second-order valence-electron chi connectivity index (χ2n) is 5.88. The summed E-state index contributed by atoms with van der Waals surface area (Å²) < 4.78 is 0. The Kier molecular flexibility index (Phi) is 6.03. The van der Waals surface area contributed by atoms with Crippen LogP contribution in [-0.2, 0) is 6.42 Å². The molecule has 0 aromatic carbocycles. The molecule has 0 unspecified atom stereocenters. The molecule has 4 nitrogen and oxygen atoms in total. The number of aromatic nitrogens is 1. The molecule has 1 amide bonds. The standard InChI is InChI=1S/C17H27N3O/c1-3-15-11-14(12-16(18-2)20-15)17(21)19-10-9-13-7-5-4-6-8-13/h11-13H,3-10H2,1-2H3,(H,18,20)(H,19,21). The van der Waals surface area contributed by atoms with E-state index < -0.39 is 0 Å². The Bertz CT molecular complexity index is 445. The van der Waals surface area contributed by atoms with Gasteiger partial charge in [-0.05, 0) is 30.9 Å². The van der Waals surface area contributed by atoms with Gasteiger partial charge in [0.25, 0.3) is 5.91 Å². The number of pyridine rings is 1. The molecule has 0 atom stereocenters. The van der Waals surface area contributed by atoms with E-state index in [1.54, 1.807) is 0 Å². The minimum atomic E-state index is 0.0133. The maximum Gasteiger partial charge on any atom is 0.251 e. The molecule has 1 aromatic rings.